The van der Waals surface area contributed by atoms with Crippen LogP contribution in [0.15, 0.2) is 30.4 Å². The molecule has 0 spiro atoms. The van der Waals surface area contributed by atoms with E-state index in [4.69, 9.17) is 0 Å². The molecule has 0 saturated heterocycles. The van der Waals surface area contributed by atoms with Gasteiger partial charge in [0.15, 0.2) is 0 Å². The van der Waals surface area contributed by atoms with Crippen LogP contribution in [-0.2, 0) is 10.0 Å². The second-order valence-electron chi connectivity index (χ2n) is 4.17. The van der Waals surface area contributed by atoms with Crippen molar-refractivity contribution in [3.05, 3.63) is 42.0 Å². The minimum Gasteiger partial charge on any atom is -0.280 e. The predicted octanol–water partition coefficient (Wildman–Crippen LogP) is 2.82. The number of sulfonamides is 1. The molecule has 1 aromatic rings. The van der Waals surface area contributed by atoms with Crippen LogP contribution in [0.4, 0.5) is 14.5 Å². The van der Waals surface area contributed by atoms with Gasteiger partial charge in [0.05, 0.1) is 10.9 Å². The summed E-state index contributed by atoms with van der Waals surface area (Å²) in [4.78, 5) is 0. The number of allylic oxidation sites excluding steroid dienone is 1. The molecule has 0 heterocycles. The van der Waals surface area contributed by atoms with Crippen LogP contribution in [0.3, 0.4) is 0 Å². The van der Waals surface area contributed by atoms with Crippen molar-refractivity contribution in [3.63, 3.8) is 0 Å². The van der Waals surface area contributed by atoms with Crippen molar-refractivity contribution in [2.45, 2.75) is 24.5 Å². The summed E-state index contributed by atoms with van der Waals surface area (Å²) >= 11 is 0. The topological polar surface area (TPSA) is 46.2 Å². The van der Waals surface area contributed by atoms with E-state index in [0.29, 0.717) is 12.5 Å². The Hall–Kier alpha value is -1.43. The minimum atomic E-state index is -3.67. The van der Waals surface area contributed by atoms with Crippen LogP contribution in [0.25, 0.3) is 0 Å². The van der Waals surface area contributed by atoms with Crippen LogP contribution in [0, 0.1) is 11.6 Å². The van der Waals surface area contributed by atoms with Gasteiger partial charge in [-0.1, -0.05) is 12.2 Å². The van der Waals surface area contributed by atoms with Crippen LogP contribution >= 0.6 is 0 Å². The molecule has 1 unspecified atom stereocenters. The van der Waals surface area contributed by atoms with Crippen LogP contribution in [0.2, 0.25) is 0 Å². The van der Waals surface area contributed by atoms with Gasteiger partial charge in [0.25, 0.3) is 0 Å². The largest absolute Gasteiger partial charge is 0.280 e. The molecule has 0 radical (unpaired) electrons. The third kappa shape index (κ3) is 2.87. The van der Waals surface area contributed by atoms with Gasteiger partial charge in [0, 0.05) is 6.07 Å². The summed E-state index contributed by atoms with van der Waals surface area (Å²) in [5, 5.41) is -0.657. The zero-order valence-corrected chi connectivity index (χ0v) is 10.4. The normalized spacial score (nSPS) is 19.8. The van der Waals surface area contributed by atoms with E-state index in [2.05, 4.69) is 4.72 Å². The summed E-state index contributed by atoms with van der Waals surface area (Å²) in [6.07, 6.45) is 5.56. The average molecular weight is 273 g/mol. The first-order valence-electron chi connectivity index (χ1n) is 5.62. The first-order valence-corrected chi connectivity index (χ1v) is 7.17. The lowest BCUT2D eigenvalue weighted by Crippen LogP contribution is -2.27. The van der Waals surface area contributed by atoms with Crippen LogP contribution in [0.5, 0.6) is 0 Å². The van der Waals surface area contributed by atoms with Crippen molar-refractivity contribution in [2.24, 2.45) is 0 Å². The van der Waals surface area contributed by atoms with Gasteiger partial charge in [-0.2, -0.15) is 0 Å². The number of benzene rings is 1. The van der Waals surface area contributed by atoms with E-state index in [-0.39, 0.29) is 5.69 Å². The smallest absolute Gasteiger partial charge is 0.239 e. The van der Waals surface area contributed by atoms with Crippen LogP contribution in [0.1, 0.15) is 19.3 Å². The molecule has 0 aliphatic heterocycles. The molecular weight excluding hydrogens is 260 g/mol. The highest BCUT2D eigenvalue weighted by Crippen LogP contribution is 2.22. The van der Waals surface area contributed by atoms with E-state index in [1.807, 2.05) is 0 Å². The molecule has 1 atom stereocenters. The Morgan fingerprint density at radius 3 is 2.67 bits per heavy atom. The average Bonchev–Trinajstić information content (AvgIpc) is 2.34. The molecule has 1 N–H and O–H groups in total. The summed E-state index contributed by atoms with van der Waals surface area (Å²) in [5.41, 5.74) is -0.227. The highest BCUT2D eigenvalue weighted by atomic mass is 32.2. The lowest BCUT2D eigenvalue weighted by molar-refractivity contribution is 0.576. The van der Waals surface area contributed by atoms with Gasteiger partial charge < -0.3 is 0 Å². The minimum absolute atomic E-state index is 0.227. The van der Waals surface area contributed by atoms with E-state index in [1.54, 1.807) is 12.2 Å². The fourth-order valence-corrected chi connectivity index (χ4v) is 3.26. The van der Waals surface area contributed by atoms with Crippen LogP contribution < -0.4 is 4.72 Å². The molecule has 3 nitrogen and oxygen atoms in total. The molecule has 1 aliphatic rings. The molecule has 0 amide bonds. The second kappa shape index (κ2) is 5.06. The number of nitrogens with one attached hydrogen (secondary N) is 1. The van der Waals surface area contributed by atoms with E-state index >= 15 is 0 Å². The first-order chi connectivity index (χ1) is 8.49. The standard InChI is InChI=1S/C12H13F2NO2S/c13-9-6-7-12(11(14)8-9)15-18(16,17)10-4-2-1-3-5-10/h2,4,6-8,10,15H,1,3,5H2. The molecule has 6 heteroatoms. The van der Waals surface area contributed by atoms with Crippen molar-refractivity contribution in [1.29, 1.82) is 0 Å². The number of hydrogen-bond donors (Lipinski definition) is 1. The van der Waals surface area contributed by atoms with Gasteiger partial charge in [-0.05, 0) is 31.4 Å². The summed E-state index contributed by atoms with van der Waals surface area (Å²) in [6, 6.07) is 2.74. The highest BCUT2D eigenvalue weighted by molar-refractivity contribution is 7.93. The van der Waals surface area contributed by atoms with Crippen molar-refractivity contribution in [2.75, 3.05) is 4.72 Å². The Bertz CT molecular complexity index is 569. The number of anilines is 1. The third-order valence-electron chi connectivity index (χ3n) is 2.79. The van der Waals surface area contributed by atoms with Crippen LogP contribution in [-0.4, -0.2) is 13.7 Å². The van der Waals surface area contributed by atoms with Gasteiger partial charge in [0.2, 0.25) is 10.0 Å². The van der Waals surface area contributed by atoms with Gasteiger partial charge in [0.1, 0.15) is 11.6 Å². The fraction of sp³-hybridized carbons (Fsp3) is 0.333. The number of hydrogen-bond acceptors (Lipinski definition) is 2. The Morgan fingerprint density at radius 1 is 1.28 bits per heavy atom. The molecular formula is C12H13F2NO2S. The van der Waals surface area contributed by atoms with Crippen molar-refractivity contribution in [3.8, 4) is 0 Å². The molecule has 1 aliphatic carbocycles. The molecule has 0 aromatic heterocycles. The van der Waals surface area contributed by atoms with E-state index < -0.39 is 26.9 Å². The molecule has 98 valence electrons. The lowest BCUT2D eigenvalue weighted by Gasteiger charge is -2.18. The van der Waals surface area contributed by atoms with Gasteiger partial charge in [-0.25, -0.2) is 17.2 Å². The SMILES string of the molecule is O=S(=O)(Nc1ccc(F)cc1F)C1C=CCCC1. The molecule has 2 rings (SSSR count). The van der Waals surface area contributed by atoms with Gasteiger partial charge in [-0.3, -0.25) is 4.72 Å². The summed E-state index contributed by atoms with van der Waals surface area (Å²) in [7, 11) is -3.67. The Balaban J connectivity index is 2.22. The zero-order valence-electron chi connectivity index (χ0n) is 9.57. The molecule has 0 fully saturated rings. The fourth-order valence-electron chi connectivity index (χ4n) is 1.84. The van der Waals surface area contributed by atoms with Crippen molar-refractivity contribution >= 4 is 15.7 Å². The second-order valence-corrected chi connectivity index (χ2v) is 6.07. The van der Waals surface area contributed by atoms with Gasteiger partial charge >= 0.3 is 0 Å². The third-order valence-corrected chi connectivity index (χ3v) is 4.49. The molecule has 18 heavy (non-hydrogen) atoms. The maximum Gasteiger partial charge on any atom is 0.239 e. The first kappa shape index (κ1) is 13.0. The Labute approximate surface area is 105 Å². The van der Waals surface area contributed by atoms with E-state index in [0.717, 1.165) is 25.0 Å². The Morgan fingerprint density at radius 2 is 2.06 bits per heavy atom. The highest BCUT2D eigenvalue weighted by Gasteiger charge is 2.25. The molecule has 0 saturated carbocycles. The predicted molar refractivity (Wildman–Crippen MR) is 65.7 cm³/mol. The molecule has 0 bridgehead atoms. The monoisotopic (exact) mass is 273 g/mol. The quantitative estimate of drug-likeness (QED) is 0.861. The summed E-state index contributed by atoms with van der Waals surface area (Å²) < 4.78 is 52.2. The number of halogens is 2. The maximum absolute atomic E-state index is 13.4. The molecule has 1 aromatic carbocycles. The summed E-state index contributed by atoms with van der Waals surface area (Å²) in [5.74, 6) is -1.66. The zero-order chi connectivity index (χ0) is 13.2. The van der Waals surface area contributed by atoms with Crippen molar-refractivity contribution < 1.29 is 17.2 Å². The lowest BCUT2D eigenvalue weighted by atomic mass is 10.1. The van der Waals surface area contributed by atoms with Crippen molar-refractivity contribution in [1.82, 2.24) is 0 Å². The van der Waals surface area contributed by atoms with E-state index in [1.165, 1.54) is 0 Å². The summed E-state index contributed by atoms with van der Waals surface area (Å²) in [6.45, 7) is 0. The van der Waals surface area contributed by atoms with E-state index in [9.17, 15) is 17.2 Å². The van der Waals surface area contributed by atoms with Gasteiger partial charge in [-0.15, -0.1) is 0 Å². The number of rotatable bonds is 3. The Kier molecular flexibility index (Phi) is 3.65. The maximum atomic E-state index is 13.4.